The van der Waals surface area contributed by atoms with Gasteiger partial charge in [-0.05, 0) is 25.1 Å². The third kappa shape index (κ3) is 2.41. The molecule has 0 unspecified atom stereocenters. The standard InChI is InChI=1S/C15H13FN4O/c1-10-14(19-18-13-7-3-2-6-12(13)16)20-8-4-5-11(9-21)15(20)17-10/h2-8,21H,9H2,1H3. The molecule has 106 valence electrons. The van der Waals surface area contributed by atoms with Crippen molar-refractivity contribution in [3.05, 3.63) is 59.7 Å². The summed E-state index contributed by atoms with van der Waals surface area (Å²) in [5, 5.41) is 17.4. The van der Waals surface area contributed by atoms with Gasteiger partial charge < -0.3 is 5.11 Å². The van der Waals surface area contributed by atoms with E-state index in [0.29, 0.717) is 22.7 Å². The topological polar surface area (TPSA) is 62.2 Å². The highest BCUT2D eigenvalue weighted by Gasteiger charge is 2.11. The van der Waals surface area contributed by atoms with E-state index >= 15 is 0 Å². The van der Waals surface area contributed by atoms with E-state index in [-0.39, 0.29) is 12.3 Å². The van der Waals surface area contributed by atoms with Crippen LogP contribution >= 0.6 is 0 Å². The third-order valence-corrected chi connectivity index (χ3v) is 3.15. The molecule has 3 aromatic rings. The van der Waals surface area contributed by atoms with Gasteiger partial charge in [0, 0.05) is 11.8 Å². The van der Waals surface area contributed by atoms with E-state index in [9.17, 15) is 9.50 Å². The van der Waals surface area contributed by atoms with Gasteiger partial charge in [-0.25, -0.2) is 9.37 Å². The minimum absolute atomic E-state index is 0.106. The molecule has 0 aliphatic carbocycles. The molecule has 0 bridgehead atoms. The SMILES string of the molecule is Cc1nc2c(CO)cccn2c1N=Nc1ccccc1F. The van der Waals surface area contributed by atoms with Crippen molar-refractivity contribution >= 4 is 17.2 Å². The Hall–Kier alpha value is -2.60. The van der Waals surface area contributed by atoms with Crippen molar-refractivity contribution in [1.29, 1.82) is 0 Å². The van der Waals surface area contributed by atoms with E-state index in [1.54, 1.807) is 47.9 Å². The molecule has 0 saturated heterocycles. The number of pyridine rings is 1. The van der Waals surface area contributed by atoms with Crippen LogP contribution in [0.1, 0.15) is 11.3 Å². The minimum Gasteiger partial charge on any atom is -0.392 e. The van der Waals surface area contributed by atoms with Gasteiger partial charge >= 0.3 is 0 Å². The Morgan fingerprint density at radius 3 is 2.76 bits per heavy atom. The number of benzene rings is 1. The molecule has 0 aliphatic rings. The van der Waals surface area contributed by atoms with Crippen LogP contribution in [-0.2, 0) is 6.61 Å². The molecule has 1 aromatic carbocycles. The van der Waals surface area contributed by atoms with Crippen LogP contribution in [0.5, 0.6) is 0 Å². The molecule has 0 spiro atoms. The van der Waals surface area contributed by atoms with Crippen molar-refractivity contribution in [1.82, 2.24) is 9.38 Å². The first kappa shape index (κ1) is 13.4. The van der Waals surface area contributed by atoms with E-state index in [4.69, 9.17) is 0 Å². The van der Waals surface area contributed by atoms with Crippen LogP contribution in [0.2, 0.25) is 0 Å². The Morgan fingerprint density at radius 2 is 2.00 bits per heavy atom. The quantitative estimate of drug-likeness (QED) is 0.745. The Kier molecular flexibility index (Phi) is 3.45. The summed E-state index contributed by atoms with van der Waals surface area (Å²) in [6.45, 7) is 1.69. The van der Waals surface area contributed by atoms with Crippen molar-refractivity contribution in [3.63, 3.8) is 0 Å². The number of imidazole rings is 1. The smallest absolute Gasteiger partial charge is 0.182 e. The molecule has 0 radical (unpaired) electrons. The Labute approximate surface area is 120 Å². The summed E-state index contributed by atoms with van der Waals surface area (Å²) in [7, 11) is 0. The fraction of sp³-hybridized carbons (Fsp3) is 0.133. The van der Waals surface area contributed by atoms with Crippen molar-refractivity contribution in [2.75, 3.05) is 0 Å². The first-order chi connectivity index (χ1) is 10.2. The zero-order valence-corrected chi connectivity index (χ0v) is 11.4. The van der Waals surface area contributed by atoms with Gasteiger partial charge in [-0.1, -0.05) is 18.2 Å². The highest BCUT2D eigenvalue weighted by Crippen LogP contribution is 2.26. The summed E-state index contributed by atoms with van der Waals surface area (Å²) >= 11 is 0. The monoisotopic (exact) mass is 284 g/mol. The van der Waals surface area contributed by atoms with Crippen LogP contribution < -0.4 is 0 Å². The van der Waals surface area contributed by atoms with Crippen LogP contribution in [0.25, 0.3) is 5.65 Å². The minimum atomic E-state index is -0.427. The number of halogens is 1. The van der Waals surface area contributed by atoms with E-state index in [2.05, 4.69) is 15.2 Å². The molecule has 0 atom stereocenters. The molecule has 3 rings (SSSR count). The van der Waals surface area contributed by atoms with Crippen molar-refractivity contribution in [2.24, 2.45) is 10.2 Å². The number of aryl methyl sites for hydroxylation is 1. The van der Waals surface area contributed by atoms with Crippen molar-refractivity contribution in [2.45, 2.75) is 13.5 Å². The average Bonchev–Trinajstić information content (AvgIpc) is 2.82. The summed E-state index contributed by atoms with van der Waals surface area (Å²) in [6, 6.07) is 9.77. The number of fused-ring (bicyclic) bond motifs is 1. The van der Waals surface area contributed by atoms with Crippen LogP contribution in [0.4, 0.5) is 15.9 Å². The summed E-state index contributed by atoms with van der Waals surface area (Å²) in [5.74, 6) is 0.0901. The van der Waals surface area contributed by atoms with Crippen LogP contribution in [0.3, 0.4) is 0 Å². The largest absolute Gasteiger partial charge is 0.392 e. The second-order valence-corrected chi connectivity index (χ2v) is 4.56. The lowest BCUT2D eigenvalue weighted by Crippen LogP contribution is -1.90. The lowest BCUT2D eigenvalue weighted by molar-refractivity contribution is 0.282. The molecular formula is C15H13FN4O. The third-order valence-electron chi connectivity index (χ3n) is 3.15. The zero-order chi connectivity index (χ0) is 14.8. The molecule has 6 heteroatoms. The van der Waals surface area contributed by atoms with Gasteiger partial charge in [0.2, 0.25) is 0 Å². The molecule has 0 fully saturated rings. The summed E-state index contributed by atoms with van der Waals surface area (Å²) in [4.78, 5) is 4.37. The Bertz CT molecular complexity index is 826. The molecule has 0 amide bonds. The normalized spacial score (nSPS) is 11.6. The molecule has 1 N–H and O–H groups in total. The van der Waals surface area contributed by atoms with Gasteiger partial charge in [0.1, 0.15) is 11.3 Å². The van der Waals surface area contributed by atoms with E-state index in [1.807, 2.05) is 0 Å². The number of aliphatic hydroxyl groups is 1. The highest BCUT2D eigenvalue weighted by atomic mass is 19.1. The highest BCUT2D eigenvalue weighted by molar-refractivity contribution is 5.56. The fourth-order valence-corrected chi connectivity index (χ4v) is 2.10. The van der Waals surface area contributed by atoms with E-state index in [0.717, 1.165) is 0 Å². The van der Waals surface area contributed by atoms with Gasteiger partial charge in [0.15, 0.2) is 11.6 Å². The van der Waals surface area contributed by atoms with Gasteiger partial charge in [-0.3, -0.25) is 4.40 Å². The van der Waals surface area contributed by atoms with Crippen molar-refractivity contribution < 1.29 is 9.50 Å². The summed E-state index contributed by atoms with van der Waals surface area (Å²) < 4.78 is 15.3. The van der Waals surface area contributed by atoms with Crippen LogP contribution in [0, 0.1) is 12.7 Å². The first-order valence-corrected chi connectivity index (χ1v) is 6.44. The maximum absolute atomic E-state index is 13.5. The van der Waals surface area contributed by atoms with Crippen LogP contribution in [-0.4, -0.2) is 14.5 Å². The van der Waals surface area contributed by atoms with Crippen molar-refractivity contribution in [3.8, 4) is 0 Å². The lowest BCUT2D eigenvalue weighted by Gasteiger charge is -2.00. The number of hydrogen-bond acceptors (Lipinski definition) is 4. The molecule has 2 heterocycles. The second kappa shape index (κ2) is 5.41. The molecule has 0 saturated carbocycles. The predicted octanol–water partition coefficient (Wildman–Crippen LogP) is 3.69. The van der Waals surface area contributed by atoms with Gasteiger partial charge in [-0.2, -0.15) is 0 Å². The second-order valence-electron chi connectivity index (χ2n) is 4.56. The maximum Gasteiger partial charge on any atom is 0.182 e. The molecule has 2 aromatic heterocycles. The molecule has 21 heavy (non-hydrogen) atoms. The van der Waals surface area contributed by atoms with Gasteiger partial charge in [-0.15, -0.1) is 10.2 Å². The summed E-state index contributed by atoms with van der Waals surface area (Å²) in [6.07, 6.45) is 1.78. The van der Waals surface area contributed by atoms with E-state index < -0.39 is 5.82 Å². The average molecular weight is 284 g/mol. The number of rotatable bonds is 3. The Balaban J connectivity index is 2.09. The molecular weight excluding hydrogens is 271 g/mol. The number of aliphatic hydroxyl groups excluding tert-OH is 1. The van der Waals surface area contributed by atoms with Gasteiger partial charge in [0.05, 0.1) is 12.3 Å². The van der Waals surface area contributed by atoms with E-state index in [1.165, 1.54) is 6.07 Å². The molecule has 0 aliphatic heterocycles. The number of hydrogen-bond donors (Lipinski definition) is 1. The van der Waals surface area contributed by atoms with Crippen LogP contribution in [0.15, 0.2) is 52.8 Å². The zero-order valence-electron chi connectivity index (χ0n) is 11.4. The summed E-state index contributed by atoms with van der Waals surface area (Å²) in [5.41, 5.74) is 2.16. The number of azo groups is 1. The lowest BCUT2D eigenvalue weighted by atomic mass is 10.3. The molecule has 5 nitrogen and oxygen atoms in total. The number of nitrogens with zero attached hydrogens (tertiary/aromatic N) is 4. The van der Waals surface area contributed by atoms with Gasteiger partial charge in [0.25, 0.3) is 0 Å². The Morgan fingerprint density at radius 1 is 1.19 bits per heavy atom. The fourth-order valence-electron chi connectivity index (χ4n) is 2.10. The maximum atomic E-state index is 13.5. The number of aromatic nitrogens is 2. The first-order valence-electron chi connectivity index (χ1n) is 6.44. The predicted molar refractivity (Wildman–Crippen MR) is 76.4 cm³/mol.